The van der Waals surface area contributed by atoms with Crippen LogP contribution in [0.2, 0.25) is 5.02 Å². The molecular formula is C25H25ClN4O3S. The number of carbonyl (C=O) groups is 1. The minimum absolute atomic E-state index is 0.120. The van der Waals surface area contributed by atoms with Gasteiger partial charge >= 0.3 is 5.97 Å². The van der Waals surface area contributed by atoms with Gasteiger partial charge in [-0.15, -0.1) is 5.10 Å². The van der Waals surface area contributed by atoms with Crippen LogP contribution >= 0.6 is 23.4 Å². The number of rotatable bonds is 9. The third kappa shape index (κ3) is 5.13. The molecule has 3 aromatic rings. The molecule has 9 heteroatoms. The molecule has 34 heavy (non-hydrogen) atoms. The molecular weight excluding hydrogens is 472 g/mol. The standard InChI is InChI=1S/C25H25ClN4O3S/c1-4-14-33-23(31)21-16(3)27-24-28-25(34-15-18-8-6-7-9-20(18)26)29-30(24)22(21)17-10-12-19(13-11-17)32-5-2/h4,6-13,22H,1,5,14-15H2,2-3H3,(H,27,28,29). The second-order valence-corrected chi connectivity index (χ2v) is 8.85. The topological polar surface area (TPSA) is 78.3 Å². The van der Waals surface area contributed by atoms with E-state index < -0.39 is 12.0 Å². The minimum atomic E-state index is -0.508. The Morgan fingerprint density at radius 3 is 2.74 bits per heavy atom. The quantitative estimate of drug-likeness (QED) is 0.233. The molecule has 0 spiro atoms. The molecule has 7 nitrogen and oxygen atoms in total. The van der Waals surface area contributed by atoms with Crippen molar-refractivity contribution in [2.24, 2.45) is 0 Å². The van der Waals surface area contributed by atoms with E-state index in [9.17, 15) is 4.79 Å². The van der Waals surface area contributed by atoms with Crippen LogP contribution in [0.1, 0.15) is 31.0 Å². The van der Waals surface area contributed by atoms with Crippen molar-refractivity contribution in [2.75, 3.05) is 18.5 Å². The normalized spacial score (nSPS) is 14.9. The lowest BCUT2D eigenvalue weighted by Gasteiger charge is -2.28. The van der Waals surface area contributed by atoms with Crippen molar-refractivity contribution < 1.29 is 14.3 Å². The Balaban J connectivity index is 1.68. The first kappa shape index (κ1) is 23.9. The van der Waals surface area contributed by atoms with Crippen molar-refractivity contribution in [3.63, 3.8) is 0 Å². The van der Waals surface area contributed by atoms with E-state index >= 15 is 0 Å². The van der Waals surface area contributed by atoms with Crippen molar-refractivity contribution in [3.8, 4) is 5.75 Å². The Morgan fingerprint density at radius 2 is 2.03 bits per heavy atom. The number of thioether (sulfide) groups is 1. The van der Waals surface area contributed by atoms with Crippen molar-refractivity contribution >= 4 is 35.3 Å². The number of nitrogens with one attached hydrogen (secondary N) is 1. The van der Waals surface area contributed by atoms with Gasteiger partial charge in [0.05, 0.1) is 12.2 Å². The van der Waals surface area contributed by atoms with Crippen LogP contribution in [0.4, 0.5) is 5.95 Å². The molecule has 1 unspecified atom stereocenters. The average Bonchev–Trinajstić information content (AvgIpc) is 3.24. The summed E-state index contributed by atoms with van der Waals surface area (Å²) in [5.74, 6) is 1.50. The largest absolute Gasteiger partial charge is 0.494 e. The SMILES string of the molecule is C=CCOC(=O)C1=C(C)Nc2nc(SCc3ccccc3Cl)nn2C1c1ccc(OCC)cc1. The monoisotopic (exact) mass is 496 g/mol. The molecule has 1 atom stereocenters. The molecule has 0 amide bonds. The fraction of sp³-hybridized carbons (Fsp3) is 0.240. The molecule has 4 rings (SSSR count). The van der Waals surface area contributed by atoms with Gasteiger partial charge in [-0.1, -0.05) is 66.3 Å². The van der Waals surface area contributed by atoms with Crippen LogP contribution in [0.5, 0.6) is 5.75 Å². The number of fused-ring (bicyclic) bond motifs is 1. The zero-order chi connectivity index (χ0) is 24.1. The van der Waals surface area contributed by atoms with E-state index in [1.807, 2.05) is 62.4 Å². The molecule has 1 aromatic heterocycles. The lowest BCUT2D eigenvalue weighted by molar-refractivity contribution is -0.138. The molecule has 0 saturated heterocycles. The van der Waals surface area contributed by atoms with Gasteiger partial charge in [0.2, 0.25) is 11.1 Å². The summed E-state index contributed by atoms with van der Waals surface area (Å²) in [6.07, 6.45) is 1.54. The number of anilines is 1. The predicted molar refractivity (Wildman–Crippen MR) is 134 cm³/mol. The number of allylic oxidation sites excluding steroid dienone is 1. The zero-order valence-corrected chi connectivity index (χ0v) is 20.5. The van der Waals surface area contributed by atoms with Gasteiger partial charge in [-0.05, 0) is 43.2 Å². The van der Waals surface area contributed by atoms with Gasteiger partial charge in [-0.3, -0.25) is 0 Å². The maximum Gasteiger partial charge on any atom is 0.338 e. The van der Waals surface area contributed by atoms with Gasteiger partial charge in [0.25, 0.3) is 0 Å². The second kappa shape index (κ2) is 10.8. The lowest BCUT2D eigenvalue weighted by Crippen LogP contribution is -2.29. The van der Waals surface area contributed by atoms with Crippen molar-refractivity contribution in [3.05, 3.63) is 88.6 Å². The number of benzene rings is 2. The van der Waals surface area contributed by atoms with E-state index in [2.05, 4.69) is 16.9 Å². The van der Waals surface area contributed by atoms with E-state index in [-0.39, 0.29) is 6.61 Å². The van der Waals surface area contributed by atoms with Crippen LogP contribution in [0.25, 0.3) is 0 Å². The van der Waals surface area contributed by atoms with E-state index in [0.717, 1.165) is 16.9 Å². The van der Waals surface area contributed by atoms with Crippen LogP contribution in [-0.2, 0) is 15.3 Å². The highest BCUT2D eigenvalue weighted by atomic mass is 35.5. The third-order valence-electron chi connectivity index (χ3n) is 5.21. The molecule has 0 saturated carbocycles. The maximum absolute atomic E-state index is 13.0. The molecule has 2 heterocycles. The number of ether oxygens (including phenoxy) is 2. The third-order valence-corrected chi connectivity index (χ3v) is 6.46. The highest BCUT2D eigenvalue weighted by Gasteiger charge is 2.35. The number of nitrogens with zero attached hydrogens (tertiary/aromatic N) is 3. The molecule has 1 aliphatic rings. The molecule has 0 bridgehead atoms. The summed E-state index contributed by atoms with van der Waals surface area (Å²) >= 11 is 7.77. The second-order valence-electron chi connectivity index (χ2n) is 7.50. The Morgan fingerprint density at radius 1 is 1.26 bits per heavy atom. The molecule has 1 aliphatic heterocycles. The van der Waals surface area contributed by atoms with Crippen molar-refractivity contribution in [1.29, 1.82) is 0 Å². The summed E-state index contributed by atoms with van der Waals surface area (Å²) in [4.78, 5) is 17.7. The summed E-state index contributed by atoms with van der Waals surface area (Å²) in [5.41, 5.74) is 2.99. The highest BCUT2D eigenvalue weighted by molar-refractivity contribution is 7.98. The average molecular weight is 497 g/mol. The molecule has 1 N–H and O–H groups in total. The molecule has 176 valence electrons. The van der Waals surface area contributed by atoms with Crippen LogP contribution < -0.4 is 10.1 Å². The van der Waals surface area contributed by atoms with Gasteiger partial charge in [0, 0.05) is 16.5 Å². The Labute approximate surface area is 207 Å². The zero-order valence-electron chi connectivity index (χ0n) is 19.0. The minimum Gasteiger partial charge on any atom is -0.494 e. The lowest BCUT2D eigenvalue weighted by atomic mass is 9.96. The fourth-order valence-corrected chi connectivity index (χ4v) is 4.76. The first-order valence-corrected chi connectivity index (χ1v) is 12.2. The fourth-order valence-electron chi connectivity index (χ4n) is 3.65. The molecule has 0 aliphatic carbocycles. The van der Waals surface area contributed by atoms with Crippen molar-refractivity contribution in [1.82, 2.24) is 14.8 Å². The van der Waals surface area contributed by atoms with Crippen LogP contribution in [0.3, 0.4) is 0 Å². The van der Waals surface area contributed by atoms with E-state index in [4.69, 9.17) is 26.2 Å². The molecule has 2 aromatic carbocycles. The predicted octanol–water partition coefficient (Wildman–Crippen LogP) is 5.64. The maximum atomic E-state index is 13.0. The summed E-state index contributed by atoms with van der Waals surface area (Å²) in [6, 6.07) is 14.8. The van der Waals surface area contributed by atoms with Gasteiger partial charge in [-0.25, -0.2) is 9.48 Å². The van der Waals surface area contributed by atoms with Gasteiger partial charge in [0.1, 0.15) is 18.4 Å². The number of hydrogen-bond donors (Lipinski definition) is 1. The number of halogens is 1. The smallest absolute Gasteiger partial charge is 0.338 e. The van der Waals surface area contributed by atoms with Crippen molar-refractivity contribution in [2.45, 2.75) is 30.8 Å². The summed E-state index contributed by atoms with van der Waals surface area (Å²) in [5, 5.41) is 9.21. The van der Waals surface area contributed by atoms with Crippen LogP contribution in [0.15, 0.2) is 77.6 Å². The summed E-state index contributed by atoms with van der Waals surface area (Å²) in [7, 11) is 0. The van der Waals surface area contributed by atoms with E-state index in [1.165, 1.54) is 11.8 Å². The number of carbonyl (C=O) groups excluding carboxylic acids is 1. The van der Waals surface area contributed by atoms with Crippen LogP contribution in [0, 0.1) is 0 Å². The Kier molecular flexibility index (Phi) is 7.59. The number of aromatic nitrogens is 3. The molecule has 0 fully saturated rings. The van der Waals surface area contributed by atoms with Crippen LogP contribution in [-0.4, -0.2) is 33.9 Å². The number of hydrogen-bond acceptors (Lipinski definition) is 7. The molecule has 0 radical (unpaired) electrons. The number of esters is 1. The first-order chi connectivity index (χ1) is 16.5. The first-order valence-electron chi connectivity index (χ1n) is 10.8. The van der Waals surface area contributed by atoms with E-state index in [1.54, 1.807) is 10.8 Å². The Bertz CT molecular complexity index is 1220. The van der Waals surface area contributed by atoms with Gasteiger partial charge in [-0.2, -0.15) is 4.98 Å². The van der Waals surface area contributed by atoms with Gasteiger partial charge < -0.3 is 14.8 Å². The Hall–Kier alpha value is -3.23. The highest BCUT2D eigenvalue weighted by Crippen LogP contribution is 2.37. The summed E-state index contributed by atoms with van der Waals surface area (Å²) < 4.78 is 12.7. The van der Waals surface area contributed by atoms with Gasteiger partial charge in [0.15, 0.2) is 0 Å². The van der Waals surface area contributed by atoms with E-state index in [0.29, 0.717) is 39.8 Å². The summed E-state index contributed by atoms with van der Waals surface area (Å²) in [6.45, 7) is 8.09.